The van der Waals surface area contributed by atoms with Crippen molar-refractivity contribution in [3.05, 3.63) is 0 Å². The van der Waals surface area contributed by atoms with Gasteiger partial charge in [-0.25, -0.2) is 0 Å². The Kier molecular flexibility index (Phi) is 17.6. The molecule has 5 nitrogen and oxygen atoms in total. The summed E-state index contributed by atoms with van der Waals surface area (Å²) in [6.07, 6.45) is -1.19. The number of rotatable bonds is 1. The van der Waals surface area contributed by atoms with E-state index >= 15 is 0 Å². The van der Waals surface area contributed by atoms with Gasteiger partial charge < -0.3 is 26.7 Å². The fourth-order valence-corrected chi connectivity index (χ4v) is 0. The summed E-state index contributed by atoms with van der Waals surface area (Å²) in [6, 6.07) is 0. The molecule has 0 saturated carbocycles. The maximum absolute atomic E-state index is 8.38. The quantitative estimate of drug-likeness (QED) is 0.257. The number of hydrogen-bond acceptors (Lipinski definition) is 5. The maximum Gasteiger partial charge on any atom is 1.00 e. The SMILES string of the molecule is CC(O)C(C)O.OB(O)O.[H-].[Na+]. The van der Waals surface area contributed by atoms with Crippen molar-refractivity contribution >= 4 is 7.32 Å². The van der Waals surface area contributed by atoms with E-state index in [0.29, 0.717) is 0 Å². The minimum absolute atomic E-state index is 0. The molecule has 0 aromatic rings. The molecule has 0 bridgehead atoms. The van der Waals surface area contributed by atoms with Crippen LogP contribution < -0.4 is 29.6 Å². The number of aliphatic hydroxyl groups excluding tert-OH is 2. The Morgan fingerprint density at radius 1 is 1.00 bits per heavy atom. The average Bonchev–Trinajstić information content (AvgIpc) is 1.63. The van der Waals surface area contributed by atoms with Crippen LogP contribution in [0.25, 0.3) is 0 Å². The topological polar surface area (TPSA) is 101 Å². The van der Waals surface area contributed by atoms with Gasteiger partial charge in [-0.05, 0) is 13.8 Å². The van der Waals surface area contributed by atoms with Crippen LogP contribution in [0.15, 0.2) is 0 Å². The Hall–Kier alpha value is 0.865. The minimum Gasteiger partial charge on any atom is -1.00 e. The zero-order valence-electron chi connectivity index (χ0n) is 7.97. The van der Waals surface area contributed by atoms with Crippen molar-refractivity contribution in [3.8, 4) is 0 Å². The second-order valence-corrected chi connectivity index (χ2v) is 1.83. The maximum atomic E-state index is 8.38. The largest absolute Gasteiger partial charge is 1.00 e. The third-order valence-corrected chi connectivity index (χ3v) is 0.698. The fourth-order valence-electron chi connectivity index (χ4n) is 0. The zero-order chi connectivity index (χ0) is 8.73. The van der Waals surface area contributed by atoms with Gasteiger partial charge in [-0.1, -0.05) is 0 Å². The van der Waals surface area contributed by atoms with Crippen molar-refractivity contribution in [3.63, 3.8) is 0 Å². The molecule has 2 unspecified atom stereocenters. The molecule has 11 heavy (non-hydrogen) atoms. The average molecular weight is 176 g/mol. The molecule has 0 heterocycles. The van der Waals surface area contributed by atoms with Gasteiger partial charge >= 0.3 is 36.9 Å². The van der Waals surface area contributed by atoms with Crippen LogP contribution in [0.4, 0.5) is 0 Å². The molecule has 0 fully saturated rings. The van der Waals surface area contributed by atoms with Crippen LogP contribution in [0.5, 0.6) is 0 Å². The van der Waals surface area contributed by atoms with E-state index in [-0.39, 0.29) is 31.0 Å². The summed E-state index contributed by atoms with van der Waals surface area (Å²) >= 11 is 0. The van der Waals surface area contributed by atoms with E-state index in [9.17, 15) is 0 Å². The Morgan fingerprint density at radius 2 is 1.09 bits per heavy atom. The molecule has 64 valence electrons. The summed E-state index contributed by atoms with van der Waals surface area (Å²) < 4.78 is 0. The predicted molar refractivity (Wildman–Crippen MR) is 36.9 cm³/mol. The van der Waals surface area contributed by atoms with Crippen LogP contribution in [0, 0.1) is 0 Å². The van der Waals surface area contributed by atoms with Gasteiger partial charge in [-0.2, -0.15) is 0 Å². The molecule has 0 aromatic carbocycles. The first-order valence-electron chi connectivity index (χ1n) is 2.78. The zero-order valence-corrected chi connectivity index (χ0v) is 8.97. The fraction of sp³-hybridized carbons (Fsp3) is 1.00. The summed E-state index contributed by atoms with van der Waals surface area (Å²) in [5, 5.41) is 38.3. The van der Waals surface area contributed by atoms with Gasteiger partial charge in [-0.15, -0.1) is 0 Å². The van der Waals surface area contributed by atoms with Crippen LogP contribution in [-0.4, -0.2) is 44.8 Å². The second-order valence-electron chi connectivity index (χ2n) is 1.83. The molecule has 0 radical (unpaired) electrons. The van der Waals surface area contributed by atoms with E-state index < -0.39 is 19.5 Å². The smallest absolute Gasteiger partial charge is 1.00 e. The molecular formula is C4H14BNaO5. The summed E-state index contributed by atoms with van der Waals surface area (Å²) in [7, 11) is -2.17. The van der Waals surface area contributed by atoms with Crippen molar-refractivity contribution < 1.29 is 56.3 Å². The Labute approximate surface area is 89.6 Å². The summed E-state index contributed by atoms with van der Waals surface area (Å²) in [5.74, 6) is 0. The molecule has 0 aromatic heterocycles. The van der Waals surface area contributed by atoms with Crippen LogP contribution in [0.3, 0.4) is 0 Å². The van der Waals surface area contributed by atoms with Crippen molar-refractivity contribution in [2.45, 2.75) is 26.1 Å². The minimum atomic E-state index is -2.17. The van der Waals surface area contributed by atoms with E-state index in [1.165, 1.54) is 0 Å². The Balaban J connectivity index is -0.0000000483. The van der Waals surface area contributed by atoms with Crippen molar-refractivity contribution in [2.75, 3.05) is 0 Å². The first kappa shape index (κ1) is 17.8. The van der Waals surface area contributed by atoms with Gasteiger partial charge in [0.1, 0.15) is 0 Å². The van der Waals surface area contributed by atoms with Crippen molar-refractivity contribution in [1.29, 1.82) is 0 Å². The normalized spacial score (nSPS) is 13.4. The molecule has 0 saturated heterocycles. The molecule has 2 atom stereocenters. The van der Waals surface area contributed by atoms with Gasteiger partial charge in [0.2, 0.25) is 0 Å². The second kappa shape index (κ2) is 10.9. The molecule has 0 aliphatic rings. The van der Waals surface area contributed by atoms with E-state index in [4.69, 9.17) is 25.3 Å². The third kappa shape index (κ3) is 36.1. The first-order valence-corrected chi connectivity index (χ1v) is 2.78. The van der Waals surface area contributed by atoms with Crippen LogP contribution in [0.2, 0.25) is 0 Å². The van der Waals surface area contributed by atoms with E-state index in [1.807, 2.05) is 0 Å². The molecule has 0 aliphatic heterocycles. The molecule has 0 amide bonds. The van der Waals surface area contributed by atoms with E-state index in [2.05, 4.69) is 0 Å². The molecular weight excluding hydrogens is 162 g/mol. The molecule has 0 aliphatic carbocycles. The summed E-state index contributed by atoms with van der Waals surface area (Å²) in [5.41, 5.74) is 0. The summed E-state index contributed by atoms with van der Waals surface area (Å²) in [4.78, 5) is 0. The van der Waals surface area contributed by atoms with E-state index in [0.717, 1.165) is 0 Å². The van der Waals surface area contributed by atoms with Crippen molar-refractivity contribution in [2.24, 2.45) is 0 Å². The summed E-state index contributed by atoms with van der Waals surface area (Å²) in [6.45, 7) is 3.09. The van der Waals surface area contributed by atoms with Gasteiger partial charge in [-0.3, -0.25) is 0 Å². The first-order chi connectivity index (χ1) is 4.37. The van der Waals surface area contributed by atoms with E-state index in [1.54, 1.807) is 13.8 Å². The Bertz CT molecular complexity index is 65.7. The third-order valence-electron chi connectivity index (χ3n) is 0.698. The standard InChI is InChI=1S/C4H10O2.BH3O3.Na.H/c1-3(5)4(2)6;2-1(3)4;;/h3-6H,1-2H3;2-4H;;/q;;+1;-1. The number of hydrogen-bond donors (Lipinski definition) is 5. The molecule has 7 heteroatoms. The van der Waals surface area contributed by atoms with Gasteiger partial charge in [0.05, 0.1) is 12.2 Å². The van der Waals surface area contributed by atoms with Crippen LogP contribution in [0.1, 0.15) is 15.3 Å². The van der Waals surface area contributed by atoms with Gasteiger partial charge in [0.15, 0.2) is 0 Å². The van der Waals surface area contributed by atoms with Crippen molar-refractivity contribution in [1.82, 2.24) is 0 Å². The van der Waals surface area contributed by atoms with Gasteiger partial charge in [0, 0.05) is 0 Å². The predicted octanol–water partition coefficient (Wildman–Crippen LogP) is -5.19. The number of aliphatic hydroxyl groups is 2. The molecule has 0 rings (SSSR count). The van der Waals surface area contributed by atoms with Crippen LogP contribution in [-0.2, 0) is 0 Å². The Morgan fingerprint density at radius 3 is 1.09 bits per heavy atom. The molecule has 0 spiro atoms. The molecule has 5 N–H and O–H groups in total. The van der Waals surface area contributed by atoms with Gasteiger partial charge in [0.25, 0.3) is 0 Å². The monoisotopic (exact) mass is 176 g/mol. The van der Waals surface area contributed by atoms with Crippen LogP contribution >= 0.6 is 0 Å².